The molecule has 0 saturated carbocycles. The summed E-state index contributed by atoms with van der Waals surface area (Å²) in [6.45, 7) is 9.99. The van der Waals surface area contributed by atoms with Crippen LogP contribution in [0, 0.1) is 0 Å². The molecule has 1 aliphatic rings. The zero-order valence-electron chi connectivity index (χ0n) is 13.5. The van der Waals surface area contributed by atoms with Crippen LogP contribution in [0.25, 0.3) is 0 Å². The molecule has 7 heteroatoms. The van der Waals surface area contributed by atoms with Crippen molar-refractivity contribution >= 4 is 36.0 Å². The summed E-state index contributed by atoms with van der Waals surface area (Å²) in [7, 11) is -0.533. The minimum atomic E-state index is -0.533. The second-order valence-corrected chi connectivity index (χ2v) is 6.58. The molecule has 1 aliphatic heterocycles. The predicted octanol–water partition coefficient (Wildman–Crippen LogP) is 3.21. The molecule has 0 unspecified atom stereocenters. The summed E-state index contributed by atoms with van der Waals surface area (Å²) in [5, 5.41) is 3.07. The fraction of sp³-hybridized carbons (Fsp3) is 0.533. The number of rotatable bonds is 3. The molecule has 1 N–H and O–H groups in total. The Hall–Kier alpha value is -1.24. The lowest BCUT2D eigenvalue weighted by Gasteiger charge is -2.32. The molecule has 0 spiro atoms. The average molecular weight is 326 g/mol. The highest BCUT2D eigenvalue weighted by Gasteiger charge is 2.52. The first-order valence-electron chi connectivity index (χ1n) is 7.25. The van der Waals surface area contributed by atoms with Gasteiger partial charge in [0.05, 0.1) is 17.8 Å². The summed E-state index contributed by atoms with van der Waals surface area (Å²) in [6, 6.07) is 5.17. The minimum Gasteiger partial charge on any atom is -0.450 e. The quantitative estimate of drug-likeness (QED) is 0.867. The third kappa shape index (κ3) is 3.40. The Kier molecular flexibility index (Phi) is 4.75. The van der Waals surface area contributed by atoms with Crippen LogP contribution >= 0.6 is 11.6 Å². The molecule has 1 aromatic rings. The van der Waals surface area contributed by atoms with Crippen LogP contribution in [0.1, 0.15) is 34.6 Å². The van der Waals surface area contributed by atoms with Crippen molar-refractivity contribution in [2.45, 2.75) is 45.8 Å². The topological polar surface area (TPSA) is 56.8 Å². The third-order valence-electron chi connectivity index (χ3n) is 4.03. The maximum absolute atomic E-state index is 11.4. The van der Waals surface area contributed by atoms with E-state index in [0.717, 1.165) is 5.46 Å². The van der Waals surface area contributed by atoms with E-state index in [-0.39, 0.29) is 0 Å². The van der Waals surface area contributed by atoms with Gasteiger partial charge in [-0.25, -0.2) is 4.79 Å². The summed E-state index contributed by atoms with van der Waals surface area (Å²) < 4.78 is 16.8. The van der Waals surface area contributed by atoms with Gasteiger partial charge in [-0.05, 0) is 46.8 Å². The van der Waals surface area contributed by atoms with Gasteiger partial charge in [0.15, 0.2) is 0 Å². The van der Waals surface area contributed by atoms with Crippen LogP contribution < -0.4 is 10.8 Å². The lowest BCUT2D eigenvalue weighted by molar-refractivity contribution is 0.00578. The van der Waals surface area contributed by atoms with Crippen molar-refractivity contribution in [2.75, 3.05) is 11.9 Å². The number of halogens is 1. The molecule has 1 amide bonds. The molecule has 0 aromatic heterocycles. The summed E-state index contributed by atoms with van der Waals surface area (Å²) in [4.78, 5) is 11.4. The van der Waals surface area contributed by atoms with E-state index >= 15 is 0 Å². The van der Waals surface area contributed by atoms with E-state index < -0.39 is 24.4 Å². The lowest BCUT2D eigenvalue weighted by atomic mass is 9.79. The maximum atomic E-state index is 11.4. The zero-order chi connectivity index (χ0) is 16.5. The van der Waals surface area contributed by atoms with E-state index in [1.54, 1.807) is 25.1 Å². The van der Waals surface area contributed by atoms with Crippen molar-refractivity contribution in [3.05, 3.63) is 23.2 Å². The smallest absolute Gasteiger partial charge is 0.450 e. The van der Waals surface area contributed by atoms with Gasteiger partial charge in [0.1, 0.15) is 0 Å². The molecular weight excluding hydrogens is 304 g/mol. The fourth-order valence-corrected chi connectivity index (χ4v) is 2.32. The van der Waals surface area contributed by atoms with Gasteiger partial charge in [0.25, 0.3) is 0 Å². The number of carbonyl (C=O) groups excluding carboxylic acids is 1. The van der Waals surface area contributed by atoms with Gasteiger partial charge in [-0.1, -0.05) is 17.7 Å². The SMILES string of the molecule is CCOC(=O)Nc1ccc(B2OC(C)(C)C(C)(C)O2)c(Cl)c1. The van der Waals surface area contributed by atoms with Gasteiger partial charge in [0, 0.05) is 16.2 Å². The number of hydrogen-bond donors (Lipinski definition) is 1. The third-order valence-corrected chi connectivity index (χ3v) is 4.36. The Morgan fingerprint density at radius 3 is 2.36 bits per heavy atom. The summed E-state index contributed by atoms with van der Waals surface area (Å²) in [6.07, 6.45) is -0.512. The highest BCUT2D eigenvalue weighted by atomic mass is 35.5. The molecule has 0 radical (unpaired) electrons. The number of carbonyl (C=O) groups is 1. The van der Waals surface area contributed by atoms with E-state index in [1.165, 1.54) is 0 Å². The molecule has 120 valence electrons. The van der Waals surface area contributed by atoms with E-state index in [4.69, 9.17) is 25.6 Å². The van der Waals surface area contributed by atoms with E-state index in [9.17, 15) is 4.79 Å². The van der Waals surface area contributed by atoms with Crippen molar-refractivity contribution in [3.8, 4) is 0 Å². The van der Waals surface area contributed by atoms with Crippen molar-refractivity contribution in [2.24, 2.45) is 0 Å². The summed E-state index contributed by atoms with van der Waals surface area (Å²) in [5.41, 5.74) is 0.435. The molecule has 0 bridgehead atoms. The van der Waals surface area contributed by atoms with Gasteiger partial charge < -0.3 is 14.0 Å². The van der Waals surface area contributed by atoms with Gasteiger partial charge in [-0.15, -0.1) is 0 Å². The number of amides is 1. The van der Waals surface area contributed by atoms with Crippen LogP contribution in [0.4, 0.5) is 10.5 Å². The second kappa shape index (κ2) is 6.10. The number of benzene rings is 1. The van der Waals surface area contributed by atoms with Crippen LogP contribution in [-0.4, -0.2) is 31.0 Å². The molecule has 1 aromatic carbocycles. The first-order valence-corrected chi connectivity index (χ1v) is 7.63. The molecule has 1 saturated heterocycles. The van der Waals surface area contributed by atoms with Crippen molar-refractivity contribution in [1.82, 2.24) is 0 Å². The number of anilines is 1. The first kappa shape index (κ1) is 17.1. The molecule has 1 fully saturated rings. The number of nitrogens with one attached hydrogen (secondary N) is 1. The zero-order valence-corrected chi connectivity index (χ0v) is 14.3. The predicted molar refractivity (Wildman–Crippen MR) is 87.8 cm³/mol. The molecule has 1 heterocycles. The van der Waals surface area contributed by atoms with E-state index in [0.29, 0.717) is 17.3 Å². The number of ether oxygens (including phenoxy) is 1. The highest BCUT2D eigenvalue weighted by molar-refractivity contribution is 6.65. The Morgan fingerprint density at radius 1 is 1.27 bits per heavy atom. The molecule has 5 nitrogen and oxygen atoms in total. The summed E-state index contributed by atoms with van der Waals surface area (Å²) >= 11 is 6.30. The van der Waals surface area contributed by atoms with Crippen molar-refractivity contribution < 1.29 is 18.8 Å². The maximum Gasteiger partial charge on any atom is 0.496 e. The molecule has 2 rings (SSSR count). The van der Waals surface area contributed by atoms with Crippen LogP contribution in [-0.2, 0) is 14.0 Å². The normalized spacial score (nSPS) is 19.1. The van der Waals surface area contributed by atoms with Gasteiger partial charge in [0.2, 0.25) is 0 Å². The standard InChI is InChI=1S/C15H21BClNO4/c1-6-20-13(19)18-10-7-8-11(12(17)9-10)16-21-14(2,3)15(4,5)22-16/h7-9H,6H2,1-5H3,(H,18,19). The Labute approximate surface area is 136 Å². The van der Waals surface area contributed by atoms with Crippen LogP contribution in [0.3, 0.4) is 0 Å². The molecule has 0 aliphatic carbocycles. The number of hydrogen-bond acceptors (Lipinski definition) is 4. The van der Waals surface area contributed by atoms with Crippen molar-refractivity contribution in [3.63, 3.8) is 0 Å². The monoisotopic (exact) mass is 325 g/mol. The van der Waals surface area contributed by atoms with Gasteiger partial charge >= 0.3 is 13.2 Å². The Balaban J connectivity index is 2.16. The van der Waals surface area contributed by atoms with E-state index in [1.807, 2.05) is 27.7 Å². The molecule has 0 atom stereocenters. The molecule has 22 heavy (non-hydrogen) atoms. The van der Waals surface area contributed by atoms with Gasteiger partial charge in [-0.2, -0.15) is 0 Å². The average Bonchev–Trinajstić information content (AvgIpc) is 2.58. The van der Waals surface area contributed by atoms with Crippen LogP contribution in [0.15, 0.2) is 18.2 Å². The summed E-state index contributed by atoms with van der Waals surface area (Å²) in [5.74, 6) is 0. The first-order chi connectivity index (χ1) is 10.2. The largest absolute Gasteiger partial charge is 0.496 e. The highest BCUT2D eigenvalue weighted by Crippen LogP contribution is 2.37. The van der Waals surface area contributed by atoms with Crippen LogP contribution in [0.2, 0.25) is 5.02 Å². The van der Waals surface area contributed by atoms with E-state index in [2.05, 4.69) is 5.32 Å². The van der Waals surface area contributed by atoms with Crippen molar-refractivity contribution in [1.29, 1.82) is 0 Å². The van der Waals surface area contributed by atoms with Crippen LogP contribution in [0.5, 0.6) is 0 Å². The second-order valence-electron chi connectivity index (χ2n) is 6.17. The fourth-order valence-electron chi connectivity index (χ4n) is 2.05. The lowest BCUT2D eigenvalue weighted by Crippen LogP contribution is -2.41. The minimum absolute atomic E-state index is 0.311. The molecular formula is C15H21BClNO4. The van der Waals surface area contributed by atoms with Gasteiger partial charge in [-0.3, -0.25) is 5.32 Å². The Morgan fingerprint density at radius 2 is 1.86 bits per heavy atom. The Bertz CT molecular complexity index is 561.